The highest BCUT2D eigenvalue weighted by atomic mass is 32.2. The van der Waals surface area contributed by atoms with Crippen molar-refractivity contribution in [2.24, 2.45) is 7.05 Å². The normalized spacial score (nSPS) is 10.9. The molecule has 0 saturated carbocycles. The van der Waals surface area contributed by atoms with Crippen LogP contribution >= 0.6 is 11.8 Å². The summed E-state index contributed by atoms with van der Waals surface area (Å²) in [7, 11) is 1.92. The van der Waals surface area contributed by atoms with Gasteiger partial charge in [0.25, 0.3) is 0 Å². The second-order valence-corrected chi connectivity index (χ2v) is 4.84. The van der Waals surface area contributed by atoms with Crippen LogP contribution in [-0.2, 0) is 19.3 Å². The van der Waals surface area contributed by atoms with Gasteiger partial charge in [-0.15, -0.1) is 11.8 Å². The quantitative estimate of drug-likeness (QED) is 0.801. The van der Waals surface area contributed by atoms with Crippen molar-refractivity contribution in [1.29, 1.82) is 0 Å². The standard InChI is InChI=1S/C12H17N3OS/c1-3-13-6-10-4-5-11(16-10)9-17-12-7-14-15(2)8-12/h4-5,7-8,13H,3,6,9H2,1-2H3. The van der Waals surface area contributed by atoms with Crippen LogP contribution in [0.25, 0.3) is 0 Å². The van der Waals surface area contributed by atoms with Crippen LogP contribution in [0.5, 0.6) is 0 Å². The lowest BCUT2D eigenvalue weighted by atomic mass is 10.4. The van der Waals surface area contributed by atoms with E-state index < -0.39 is 0 Å². The maximum atomic E-state index is 5.70. The molecule has 0 fully saturated rings. The predicted molar refractivity (Wildman–Crippen MR) is 68.9 cm³/mol. The molecule has 0 aromatic carbocycles. The summed E-state index contributed by atoms with van der Waals surface area (Å²) in [6, 6.07) is 4.07. The molecular weight excluding hydrogens is 234 g/mol. The number of hydrogen-bond acceptors (Lipinski definition) is 4. The Labute approximate surface area is 105 Å². The van der Waals surface area contributed by atoms with Crippen LogP contribution in [0.1, 0.15) is 18.4 Å². The highest BCUT2D eigenvalue weighted by Gasteiger charge is 2.03. The van der Waals surface area contributed by atoms with Gasteiger partial charge in [0.2, 0.25) is 0 Å². The fraction of sp³-hybridized carbons (Fsp3) is 0.417. The lowest BCUT2D eigenvalue weighted by molar-refractivity contribution is 0.463. The monoisotopic (exact) mass is 251 g/mol. The Balaban J connectivity index is 1.84. The Hall–Kier alpha value is -1.20. The van der Waals surface area contributed by atoms with Crippen LogP contribution in [0.4, 0.5) is 0 Å². The van der Waals surface area contributed by atoms with Gasteiger partial charge in [0, 0.05) is 18.1 Å². The molecule has 2 rings (SSSR count). The number of furan rings is 1. The fourth-order valence-corrected chi connectivity index (χ4v) is 2.28. The number of thioether (sulfide) groups is 1. The Kier molecular flexibility index (Phi) is 4.28. The molecule has 1 N–H and O–H groups in total. The Morgan fingerprint density at radius 2 is 2.24 bits per heavy atom. The molecule has 0 aliphatic carbocycles. The van der Waals surface area contributed by atoms with Gasteiger partial charge in [-0.2, -0.15) is 5.10 Å². The number of hydrogen-bond donors (Lipinski definition) is 1. The predicted octanol–water partition coefficient (Wildman–Crippen LogP) is 2.41. The molecule has 0 saturated heterocycles. The molecule has 0 bridgehead atoms. The van der Waals surface area contributed by atoms with Crippen LogP contribution in [0, 0.1) is 0 Å². The first-order valence-electron chi connectivity index (χ1n) is 5.67. The summed E-state index contributed by atoms with van der Waals surface area (Å²) in [6.45, 7) is 3.84. The third-order valence-electron chi connectivity index (χ3n) is 2.33. The summed E-state index contributed by atoms with van der Waals surface area (Å²) in [5.74, 6) is 2.85. The number of aromatic nitrogens is 2. The highest BCUT2D eigenvalue weighted by molar-refractivity contribution is 7.98. The van der Waals surface area contributed by atoms with Crippen LogP contribution in [0.3, 0.4) is 0 Å². The number of aryl methyl sites for hydroxylation is 1. The van der Waals surface area contributed by atoms with Crippen molar-refractivity contribution in [3.05, 3.63) is 36.0 Å². The molecule has 0 unspecified atom stereocenters. The molecule has 0 amide bonds. The molecule has 5 heteroatoms. The average Bonchev–Trinajstić information content (AvgIpc) is 2.93. The summed E-state index contributed by atoms with van der Waals surface area (Å²) < 4.78 is 7.51. The molecular formula is C12H17N3OS. The maximum Gasteiger partial charge on any atom is 0.117 e. The highest BCUT2D eigenvalue weighted by Crippen LogP contribution is 2.22. The second kappa shape index (κ2) is 5.93. The minimum absolute atomic E-state index is 0.800. The molecule has 17 heavy (non-hydrogen) atoms. The van der Waals surface area contributed by atoms with Gasteiger partial charge < -0.3 is 9.73 Å². The van der Waals surface area contributed by atoms with Gasteiger partial charge in [-0.25, -0.2) is 0 Å². The summed E-state index contributed by atoms with van der Waals surface area (Å²) >= 11 is 1.73. The van der Waals surface area contributed by atoms with Gasteiger partial charge in [0.05, 0.1) is 18.5 Å². The van der Waals surface area contributed by atoms with Crippen molar-refractivity contribution in [2.75, 3.05) is 6.54 Å². The van der Waals surface area contributed by atoms with E-state index in [9.17, 15) is 0 Å². The zero-order valence-electron chi connectivity index (χ0n) is 10.1. The van der Waals surface area contributed by atoms with Gasteiger partial charge in [-0.1, -0.05) is 6.92 Å². The van der Waals surface area contributed by atoms with Crippen LogP contribution in [0.2, 0.25) is 0 Å². The summed E-state index contributed by atoms with van der Waals surface area (Å²) in [6.07, 6.45) is 3.88. The zero-order chi connectivity index (χ0) is 12.1. The lowest BCUT2D eigenvalue weighted by Gasteiger charge is -1.97. The molecule has 0 aliphatic heterocycles. The minimum Gasteiger partial charge on any atom is -0.464 e. The van der Waals surface area contributed by atoms with Crippen molar-refractivity contribution >= 4 is 11.8 Å². The zero-order valence-corrected chi connectivity index (χ0v) is 11.0. The van der Waals surface area contributed by atoms with Crippen LogP contribution in [0.15, 0.2) is 33.8 Å². The lowest BCUT2D eigenvalue weighted by Crippen LogP contribution is -2.10. The van der Waals surface area contributed by atoms with E-state index >= 15 is 0 Å². The van der Waals surface area contributed by atoms with Gasteiger partial charge in [0.15, 0.2) is 0 Å². The molecule has 0 spiro atoms. The summed E-state index contributed by atoms with van der Waals surface area (Å²) in [4.78, 5) is 1.16. The van der Waals surface area contributed by atoms with Crippen LogP contribution in [-0.4, -0.2) is 16.3 Å². The molecule has 0 radical (unpaired) electrons. The van der Waals surface area contributed by atoms with Crippen molar-refractivity contribution in [3.8, 4) is 0 Å². The summed E-state index contributed by atoms with van der Waals surface area (Å²) in [5, 5.41) is 7.37. The van der Waals surface area contributed by atoms with Gasteiger partial charge in [-0.3, -0.25) is 4.68 Å². The largest absolute Gasteiger partial charge is 0.464 e. The average molecular weight is 251 g/mol. The first-order valence-corrected chi connectivity index (χ1v) is 6.66. The van der Waals surface area contributed by atoms with E-state index in [1.165, 1.54) is 0 Å². The molecule has 2 heterocycles. The summed E-state index contributed by atoms with van der Waals surface area (Å²) in [5.41, 5.74) is 0. The third kappa shape index (κ3) is 3.64. The van der Waals surface area contributed by atoms with Crippen molar-refractivity contribution in [3.63, 3.8) is 0 Å². The Morgan fingerprint density at radius 1 is 1.41 bits per heavy atom. The second-order valence-electron chi connectivity index (χ2n) is 3.79. The smallest absolute Gasteiger partial charge is 0.117 e. The molecule has 4 nitrogen and oxygen atoms in total. The van der Waals surface area contributed by atoms with Gasteiger partial charge in [0.1, 0.15) is 11.5 Å². The first-order chi connectivity index (χ1) is 8.28. The van der Waals surface area contributed by atoms with E-state index in [-0.39, 0.29) is 0 Å². The number of nitrogens with one attached hydrogen (secondary N) is 1. The maximum absolute atomic E-state index is 5.70. The molecule has 92 valence electrons. The van der Waals surface area contributed by atoms with E-state index in [4.69, 9.17) is 4.42 Å². The van der Waals surface area contributed by atoms with E-state index in [1.807, 2.05) is 31.6 Å². The first kappa shape index (κ1) is 12.3. The molecule has 0 atom stereocenters. The topological polar surface area (TPSA) is 43.0 Å². The van der Waals surface area contributed by atoms with E-state index in [0.717, 1.165) is 35.3 Å². The van der Waals surface area contributed by atoms with E-state index in [1.54, 1.807) is 16.4 Å². The third-order valence-corrected chi connectivity index (χ3v) is 3.30. The van der Waals surface area contributed by atoms with E-state index in [2.05, 4.69) is 17.3 Å². The SMILES string of the molecule is CCNCc1ccc(CSc2cnn(C)c2)o1. The van der Waals surface area contributed by atoms with Gasteiger partial charge >= 0.3 is 0 Å². The number of rotatable bonds is 6. The Bertz CT molecular complexity index is 464. The molecule has 2 aromatic rings. The molecule has 2 aromatic heterocycles. The van der Waals surface area contributed by atoms with Gasteiger partial charge in [-0.05, 0) is 18.7 Å². The fourth-order valence-electron chi connectivity index (χ4n) is 1.47. The van der Waals surface area contributed by atoms with Crippen molar-refractivity contribution in [1.82, 2.24) is 15.1 Å². The minimum atomic E-state index is 0.800. The van der Waals surface area contributed by atoms with Crippen LogP contribution < -0.4 is 5.32 Å². The number of nitrogens with zero attached hydrogens (tertiary/aromatic N) is 2. The Morgan fingerprint density at radius 3 is 2.94 bits per heavy atom. The van der Waals surface area contributed by atoms with Crippen molar-refractivity contribution in [2.45, 2.75) is 24.1 Å². The van der Waals surface area contributed by atoms with Crippen molar-refractivity contribution < 1.29 is 4.42 Å². The molecule has 0 aliphatic rings. The van der Waals surface area contributed by atoms with E-state index in [0.29, 0.717) is 0 Å².